The molecule has 0 saturated carbocycles. The van der Waals surface area contributed by atoms with E-state index < -0.39 is 0 Å². The van der Waals surface area contributed by atoms with Crippen LogP contribution in [0.3, 0.4) is 0 Å². The molecule has 4 heteroatoms. The number of ether oxygens (including phenoxy) is 1. The van der Waals surface area contributed by atoms with Gasteiger partial charge in [-0.2, -0.15) is 0 Å². The number of likely N-dealkylation sites (tertiary alicyclic amines) is 1. The van der Waals surface area contributed by atoms with E-state index in [1.807, 2.05) is 42.2 Å². The molecule has 0 unspecified atom stereocenters. The Labute approximate surface area is 130 Å². The fraction of sp³-hybridized carbons (Fsp3) is 0.333. The number of carbonyl (C=O) groups excluding carboxylic acids is 1. The van der Waals surface area contributed by atoms with Crippen LogP contribution in [0.2, 0.25) is 0 Å². The number of nitrogens with zero attached hydrogens (tertiary/aromatic N) is 2. The lowest BCUT2D eigenvalue weighted by molar-refractivity contribution is -0.129. The molecule has 1 atom stereocenters. The first kappa shape index (κ1) is 14.6. The molecule has 0 spiro atoms. The van der Waals surface area contributed by atoms with Gasteiger partial charge in [0, 0.05) is 25.4 Å². The lowest BCUT2D eigenvalue weighted by Gasteiger charge is -2.17. The van der Waals surface area contributed by atoms with Crippen molar-refractivity contribution in [2.45, 2.75) is 25.9 Å². The van der Waals surface area contributed by atoms with Crippen molar-refractivity contribution in [3.05, 3.63) is 59.9 Å². The molecule has 1 aromatic heterocycles. The number of hydrogen-bond donors (Lipinski definition) is 0. The van der Waals surface area contributed by atoms with E-state index in [4.69, 9.17) is 4.74 Å². The molecule has 3 rings (SSSR count). The van der Waals surface area contributed by atoms with Crippen LogP contribution in [0.15, 0.2) is 48.8 Å². The fourth-order valence-electron chi connectivity index (χ4n) is 2.77. The van der Waals surface area contributed by atoms with E-state index >= 15 is 0 Å². The number of aryl methyl sites for hydroxylation is 1. The maximum Gasteiger partial charge on any atom is 0.227 e. The zero-order valence-corrected chi connectivity index (χ0v) is 12.7. The molecule has 0 bridgehead atoms. The third kappa shape index (κ3) is 3.64. The number of carbonyl (C=O) groups is 1. The van der Waals surface area contributed by atoms with Gasteiger partial charge in [-0.05, 0) is 24.6 Å². The molecule has 2 heterocycles. The fourth-order valence-corrected chi connectivity index (χ4v) is 2.77. The summed E-state index contributed by atoms with van der Waals surface area (Å²) in [4.78, 5) is 18.3. The zero-order chi connectivity index (χ0) is 15.4. The largest absolute Gasteiger partial charge is 0.488 e. The minimum absolute atomic E-state index is 0.0730. The summed E-state index contributed by atoms with van der Waals surface area (Å²) >= 11 is 0. The third-order valence-electron chi connectivity index (χ3n) is 3.89. The summed E-state index contributed by atoms with van der Waals surface area (Å²) in [5.74, 6) is 0.986. The second-order valence-corrected chi connectivity index (χ2v) is 5.72. The number of rotatable bonds is 4. The number of pyridine rings is 1. The Kier molecular flexibility index (Phi) is 4.37. The van der Waals surface area contributed by atoms with Gasteiger partial charge < -0.3 is 9.64 Å². The van der Waals surface area contributed by atoms with E-state index in [0.29, 0.717) is 13.0 Å². The van der Waals surface area contributed by atoms with Crippen LogP contribution in [0.4, 0.5) is 0 Å². The van der Waals surface area contributed by atoms with Crippen LogP contribution in [0.5, 0.6) is 5.75 Å². The van der Waals surface area contributed by atoms with E-state index in [0.717, 1.165) is 24.3 Å². The number of aromatic nitrogens is 1. The summed E-state index contributed by atoms with van der Waals surface area (Å²) in [7, 11) is 0. The molecular formula is C18H20N2O2. The van der Waals surface area contributed by atoms with Gasteiger partial charge in [0.25, 0.3) is 0 Å². The van der Waals surface area contributed by atoms with Crippen molar-refractivity contribution in [1.29, 1.82) is 0 Å². The maximum atomic E-state index is 12.4. The average molecular weight is 296 g/mol. The van der Waals surface area contributed by atoms with Gasteiger partial charge in [0.1, 0.15) is 11.9 Å². The minimum atomic E-state index is 0.0730. The molecule has 0 N–H and O–H groups in total. The van der Waals surface area contributed by atoms with Crippen LogP contribution in [0.25, 0.3) is 0 Å². The third-order valence-corrected chi connectivity index (χ3v) is 3.89. The van der Waals surface area contributed by atoms with Crippen molar-refractivity contribution in [2.75, 3.05) is 13.1 Å². The summed E-state index contributed by atoms with van der Waals surface area (Å²) in [6.07, 6.45) is 4.84. The van der Waals surface area contributed by atoms with Gasteiger partial charge in [-0.1, -0.05) is 29.8 Å². The predicted molar refractivity (Wildman–Crippen MR) is 84.7 cm³/mol. The lowest BCUT2D eigenvalue weighted by Crippen LogP contribution is -2.32. The number of hydrogen-bond acceptors (Lipinski definition) is 3. The van der Waals surface area contributed by atoms with E-state index in [9.17, 15) is 4.79 Å². The Morgan fingerprint density at radius 3 is 2.91 bits per heavy atom. The SMILES string of the molecule is Cc1cccc(CC(=O)N2CC[C@@H](Oc3ccncc3)C2)c1. The quantitative estimate of drug-likeness (QED) is 0.871. The van der Waals surface area contributed by atoms with Crippen LogP contribution >= 0.6 is 0 Å². The van der Waals surface area contributed by atoms with Gasteiger partial charge >= 0.3 is 0 Å². The highest BCUT2D eigenvalue weighted by atomic mass is 16.5. The maximum absolute atomic E-state index is 12.4. The molecule has 114 valence electrons. The van der Waals surface area contributed by atoms with Crippen molar-refractivity contribution < 1.29 is 9.53 Å². The summed E-state index contributed by atoms with van der Waals surface area (Å²) in [5, 5.41) is 0. The summed E-state index contributed by atoms with van der Waals surface area (Å²) < 4.78 is 5.89. The van der Waals surface area contributed by atoms with Crippen LogP contribution in [0.1, 0.15) is 17.5 Å². The highest BCUT2D eigenvalue weighted by Crippen LogP contribution is 2.18. The molecule has 22 heavy (non-hydrogen) atoms. The van der Waals surface area contributed by atoms with Crippen LogP contribution in [-0.4, -0.2) is 35.0 Å². The van der Waals surface area contributed by atoms with Gasteiger partial charge in [-0.3, -0.25) is 9.78 Å². The van der Waals surface area contributed by atoms with Crippen LogP contribution in [0, 0.1) is 6.92 Å². The highest BCUT2D eigenvalue weighted by molar-refractivity contribution is 5.79. The van der Waals surface area contributed by atoms with E-state index in [2.05, 4.69) is 11.1 Å². The molecule has 0 aliphatic carbocycles. The molecule has 1 fully saturated rings. The second kappa shape index (κ2) is 6.60. The average Bonchev–Trinajstić information content (AvgIpc) is 2.97. The summed E-state index contributed by atoms with van der Waals surface area (Å²) in [5.41, 5.74) is 2.26. The molecule has 1 aromatic carbocycles. The van der Waals surface area contributed by atoms with Gasteiger partial charge in [-0.15, -0.1) is 0 Å². The molecule has 1 aliphatic rings. The predicted octanol–water partition coefficient (Wildman–Crippen LogP) is 2.61. The molecule has 1 amide bonds. The van der Waals surface area contributed by atoms with Crippen molar-refractivity contribution >= 4 is 5.91 Å². The van der Waals surface area contributed by atoms with Crippen molar-refractivity contribution in [3.8, 4) is 5.75 Å². The molecule has 1 aliphatic heterocycles. The van der Waals surface area contributed by atoms with Crippen molar-refractivity contribution in [3.63, 3.8) is 0 Å². The molecular weight excluding hydrogens is 276 g/mol. The van der Waals surface area contributed by atoms with Crippen LogP contribution in [-0.2, 0) is 11.2 Å². The van der Waals surface area contributed by atoms with E-state index in [1.165, 1.54) is 5.56 Å². The Morgan fingerprint density at radius 2 is 2.14 bits per heavy atom. The lowest BCUT2D eigenvalue weighted by atomic mass is 10.1. The van der Waals surface area contributed by atoms with Crippen molar-refractivity contribution in [1.82, 2.24) is 9.88 Å². The Bertz CT molecular complexity index is 643. The minimum Gasteiger partial charge on any atom is -0.488 e. The highest BCUT2D eigenvalue weighted by Gasteiger charge is 2.27. The van der Waals surface area contributed by atoms with E-state index in [-0.39, 0.29) is 12.0 Å². The molecule has 2 aromatic rings. The topological polar surface area (TPSA) is 42.4 Å². The first-order valence-electron chi connectivity index (χ1n) is 7.61. The zero-order valence-electron chi connectivity index (χ0n) is 12.7. The number of benzene rings is 1. The normalized spacial score (nSPS) is 17.5. The van der Waals surface area contributed by atoms with Gasteiger partial charge in [0.05, 0.1) is 13.0 Å². The summed E-state index contributed by atoms with van der Waals surface area (Å²) in [6, 6.07) is 11.8. The second-order valence-electron chi connectivity index (χ2n) is 5.72. The summed E-state index contributed by atoms with van der Waals surface area (Å²) in [6.45, 7) is 3.47. The van der Waals surface area contributed by atoms with Gasteiger partial charge in [0.2, 0.25) is 5.91 Å². The van der Waals surface area contributed by atoms with Crippen LogP contribution < -0.4 is 4.74 Å². The van der Waals surface area contributed by atoms with Gasteiger partial charge in [-0.25, -0.2) is 0 Å². The number of amides is 1. The van der Waals surface area contributed by atoms with E-state index in [1.54, 1.807) is 12.4 Å². The molecule has 4 nitrogen and oxygen atoms in total. The van der Waals surface area contributed by atoms with Crippen molar-refractivity contribution in [2.24, 2.45) is 0 Å². The first-order valence-corrected chi connectivity index (χ1v) is 7.61. The Morgan fingerprint density at radius 1 is 1.32 bits per heavy atom. The Balaban J connectivity index is 1.55. The standard InChI is InChI=1S/C18H20N2O2/c1-14-3-2-4-15(11-14)12-18(21)20-10-7-17(13-20)22-16-5-8-19-9-6-16/h2-6,8-9,11,17H,7,10,12-13H2,1H3/t17-/m1/s1. The molecule has 1 saturated heterocycles. The molecule has 0 radical (unpaired) electrons. The Hall–Kier alpha value is -2.36. The first-order chi connectivity index (χ1) is 10.7. The van der Waals surface area contributed by atoms with Gasteiger partial charge in [0.15, 0.2) is 0 Å². The monoisotopic (exact) mass is 296 g/mol. The smallest absolute Gasteiger partial charge is 0.227 e.